The van der Waals surface area contributed by atoms with E-state index in [0.29, 0.717) is 18.8 Å². The van der Waals surface area contributed by atoms with Crippen LogP contribution in [0.2, 0.25) is 0 Å². The van der Waals surface area contributed by atoms with Gasteiger partial charge in [-0.15, -0.1) is 11.6 Å². The lowest BCUT2D eigenvalue weighted by atomic mass is 10.2. The van der Waals surface area contributed by atoms with Crippen LogP contribution in [0.3, 0.4) is 0 Å². The Morgan fingerprint density at radius 2 is 2.25 bits per heavy atom. The summed E-state index contributed by atoms with van der Waals surface area (Å²) in [5, 5.41) is 2.86. The number of nitrogens with one attached hydrogen (secondary N) is 1. The van der Waals surface area contributed by atoms with Crippen molar-refractivity contribution < 1.29 is 4.79 Å². The van der Waals surface area contributed by atoms with E-state index in [1.54, 1.807) is 6.20 Å². The molecule has 0 spiro atoms. The summed E-state index contributed by atoms with van der Waals surface area (Å²) in [6, 6.07) is 3.91. The number of nitrogens with zero attached hydrogens (tertiary/aromatic N) is 1. The van der Waals surface area contributed by atoms with E-state index >= 15 is 0 Å². The molecule has 0 radical (unpaired) electrons. The number of amides is 1. The van der Waals surface area contributed by atoms with Crippen LogP contribution < -0.4 is 5.32 Å². The van der Waals surface area contributed by atoms with Gasteiger partial charge in [0.15, 0.2) is 0 Å². The molecule has 88 valence electrons. The molecule has 0 fully saturated rings. The predicted molar refractivity (Wildman–Crippen MR) is 65.4 cm³/mol. The van der Waals surface area contributed by atoms with Crippen molar-refractivity contribution in [1.29, 1.82) is 0 Å². The number of hydrogen-bond acceptors (Lipinski definition) is 2. The zero-order valence-electron chi connectivity index (χ0n) is 9.50. The molecule has 1 rings (SSSR count). The van der Waals surface area contributed by atoms with Gasteiger partial charge in [-0.2, -0.15) is 0 Å². The second-order valence-electron chi connectivity index (χ2n) is 3.73. The topological polar surface area (TPSA) is 42.0 Å². The minimum atomic E-state index is 0.0747. The van der Waals surface area contributed by atoms with Crippen molar-refractivity contribution in [3.8, 4) is 0 Å². The Morgan fingerprint density at radius 1 is 1.44 bits per heavy atom. The quantitative estimate of drug-likeness (QED) is 0.613. The number of rotatable bonds is 6. The van der Waals surface area contributed by atoms with Gasteiger partial charge < -0.3 is 5.32 Å². The summed E-state index contributed by atoms with van der Waals surface area (Å²) in [4.78, 5) is 15.5. The Hall–Kier alpha value is -1.09. The highest BCUT2D eigenvalue weighted by Crippen LogP contribution is 2.00. The molecule has 0 bridgehead atoms. The fourth-order valence-electron chi connectivity index (χ4n) is 1.27. The van der Waals surface area contributed by atoms with Crippen LogP contribution in [0.25, 0.3) is 0 Å². The molecule has 3 nitrogen and oxygen atoms in total. The number of aromatic nitrogens is 1. The fourth-order valence-corrected chi connectivity index (χ4v) is 1.46. The molecule has 0 atom stereocenters. The monoisotopic (exact) mass is 240 g/mol. The minimum absolute atomic E-state index is 0.0747. The van der Waals surface area contributed by atoms with Gasteiger partial charge in [0.2, 0.25) is 5.91 Å². The Bertz CT molecular complexity index is 324. The smallest absolute Gasteiger partial charge is 0.220 e. The number of carbonyl (C=O) groups excluding carboxylic acids is 1. The Labute approximate surface area is 101 Å². The van der Waals surface area contributed by atoms with Crippen LogP contribution in [0.1, 0.15) is 30.5 Å². The van der Waals surface area contributed by atoms with E-state index in [1.165, 1.54) is 0 Å². The van der Waals surface area contributed by atoms with Crippen molar-refractivity contribution in [2.75, 3.05) is 5.88 Å². The first kappa shape index (κ1) is 13.0. The largest absolute Gasteiger partial charge is 0.352 e. The molecule has 16 heavy (non-hydrogen) atoms. The summed E-state index contributed by atoms with van der Waals surface area (Å²) < 4.78 is 0. The first-order valence-electron chi connectivity index (χ1n) is 5.46. The third kappa shape index (κ3) is 5.12. The third-order valence-corrected chi connectivity index (χ3v) is 2.52. The molecular formula is C12H17ClN2O. The highest BCUT2D eigenvalue weighted by Gasteiger charge is 2.00. The Kier molecular flexibility index (Phi) is 5.86. The molecule has 0 saturated carbocycles. The highest BCUT2D eigenvalue weighted by atomic mass is 35.5. The average Bonchev–Trinajstić information content (AvgIpc) is 2.29. The van der Waals surface area contributed by atoms with Gasteiger partial charge in [-0.1, -0.05) is 6.07 Å². The van der Waals surface area contributed by atoms with Crippen molar-refractivity contribution in [1.82, 2.24) is 10.3 Å². The SMILES string of the molecule is Cc1ccc(CNC(=O)CCCCCl)cn1. The van der Waals surface area contributed by atoms with E-state index in [2.05, 4.69) is 10.3 Å². The Balaban J connectivity index is 2.23. The van der Waals surface area contributed by atoms with E-state index in [9.17, 15) is 4.79 Å². The summed E-state index contributed by atoms with van der Waals surface area (Å²) in [5.41, 5.74) is 2.01. The summed E-state index contributed by atoms with van der Waals surface area (Å²) >= 11 is 5.53. The molecule has 0 aliphatic heterocycles. The van der Waals surface area contributed by atoms with Gasteiger partial charge in [-0.25, -0.2) is 0 Å². The molecule has 0 saturated heterocycles. The molecule has 1 amide bonds. The number of aryl methyl sites for hydroxylation is 1. The number of halogens is 1. The Morgan fingerprint density at radius 3 is 2.88 bits per heavy atom. The molecule has 0 unspecified atom stereocenters. The van der Waals surface area contributed by atoms with Crippen LogP contribution in [0, 0.1) is 6.92 Å². The van der Waals surface area contributed by atoms with E-state index in [-0.39, 0.29) is 5.91 Å². The summed E-state index contributed by atoms with van der Waals surface area (Å²) in [5.74, 6) is 0.695. The van der Waals surface area contributed by atoms with Crippen LogP contribution in [0.5, 0.6) is 0 Å². The maximum Gasteiger partial charge on any atom is 0.220 e. The van der Waals surface area contributed by atoms with Crippen molar-refractivity contribution in [3.05, 3.63) is 29.6 Å². The second-order valence-corrected chi connectivity index (χ2v) is 4.11. The molecule has 1 heterocycles. The first-order valence-corrected chi connectivity index (χ1v) is 6.00. The number of alkyl halides is 1. The first-order chi connectivity index (χ1) is 7.72. The molecule has 0 aromatic carbocycles. The predicted octanol–water partition coefficient (Wildman–Crippen LogP) is 2.42. The lowest BCUT2D eigenvalue weighted by molar-refractivity contribution is -0.121. The molecular weight excluding hydrogens is 224 g/mol. The molecule has 1 aromatic heterocycles. The van der Waals surface area contributed by atoms with Gasteiger partial charge in [-0.3, -0.25) is 9.78 Å². The van der Waals surface area contributed by atoms with E-state index in [0.717, 1.165) is 24.1 Å². The lowest BCUT2D eigenvalue weighted by Gasteiger charge is -2.04. The number of hydrogen-bond donors (Lipinski definition) is 1. The molecule has 0 aliphatic carbocycles. The zero-order chi connectivity index (χ0) is 11.8. The standard InChI is InChI=1S/C12H17ClN2O/c1-10-5-6-11(8-14-10)9-15-12(16)4-2-3-7-13/h5-6,8H,2-4,7,9H2,1H3,(H,15,16). The van der Waals surface area contributed by atoms with Gasteiger partial charge in [0, 0.05) is 30.7 Å². The summed E-state index contributed by atoms with van der Waals surface area (Å²) in [6.45, 7) is 2.49. The number of carbonyl (C=O) groups is 1. The summed E-state index contributed by atoms with van der Waals surface area (Å²) in [7, 11) is 0. The van der Waals surface area contributed by atoms with Gasteiger partial charge in [0.25, 0.3) is 0 Å². The highest BCUT2D eigenvalue weighted by molar-refractivity contribution is 6.17. The molecule has 1 N–H and O–H groups in total. The zero-order valence-corrected chi connectivity index (χ0v) is 10.3. The van der Waals surface area contributed by atoms with Crippen molar-refractivity contribution in [2.45, 2.75) is 32.7 Å². The maximum absolute atomic E-state index is 11.4. The van der Waals surface area contributed by atoms with Crippen LogP contribution in [-0.4, -0.2) is 16.8 Å². The number of unbranched alkanes of at least 4 members (excludes halogenated alkanes) is 1. The lowest BCUT2D eigenvalue weighted by Crippen LogP contribution is -2.22. The molecule has 0 aliphatic rings. The van der Waals surface area contributed by atoms with E-state index < -0.39 is 0 Å². The number of pyridine rings is 1. The average molecular weight is 241 g/mol. The van der Waals surface area contributed by atoms with Gasteiger partial charge in [0.05, 0.1) is 0 Å². The maximum atomic E-state index is 11.4. The van der Waals surface area contributed by atoms with Crippen molar-refractivity contribution in [2.24, 2.45) is 0 Å². The molecule has 1 aromatic rings. The van der Waals surface area contributed by atoms with E-state index in [4.69, 9.17) is 11.6 Å². The summed E-state index contributed by atoms with van der Waals surface area (Å²) in [6.07, 6.45) is 4.07. The van der Waals surface area contributed by atoms with Crippen LogP contribution >= 0.6 is 11.6 Å². The molecule has 4 heteroatoms. The third-order valence-electron chi connectivity index (χ3n) is 2.25. The van der Waals surface area contributed by atoms with Crippen LogP contribution in [0.15, 0.2) is 18.3 Å². The fraction of sp³-hybridized carbons (Fsp3) is 0.500. The van der Waals surface area contributed by atoms with Gasteiger partial charge >= 0.3 is 0 Å². The van der Waals surface area contributed by atoms with E-state index in [1.807, 2.05) is 19.1 Å². The second kappa shape index (κ2) is 7.23. The van der Waals surface area contributed by atoms with Crippen LogP contribution in [-0.2, 0) is 11.3 Å². The van der Waals surface area contributed by atoms with Gasteiger partial charge in [-0.05, 0) is 31.4 Å². The van der Waals surface area contributed by atoms with Crippen LogP contribution in [0.4, 0.5) is 0 Å². The normalized spacial score (nSPS) is 10.1. The van der Waals surface area contributed by atoms with Crippen molar-refractivity contribution in [3.63, 3.8) is 0 Å². The minimum Gasteiger partial charge on any atom is -0.352 e. The van der Waals surface area contributed by atoms with Gasteiger partial charge in [0.1, 0.15) is 0 Å². The van der Waals surface area contributed by atoms with Crippen molar-refractivity contribution >= 4 is 17.5 Å².